The summed E-state index contributed by atoms with van der Waals surface area (Å²) in [4.78, 5) is 25.4. The van der Waals surface area contributed by atoms with Crippen LogP contribution in [0.5, 0.6) is 0 Å². The molecule has 3 amide bonds. The van der Waals surface area contributed by atoms with Crippen molar-refractivity contribution < 1.29 is 18.0 Å². The predicted octanol–water partition coefficient (Wildman–Crippen LogP) is 0.866. The van der Waals surface area contributed by atoms with Gasteiger partial charge in [0.1, 0.15) is 6.04 Å². The Bertz CT molecular complexity index is 759. The monoisotopic (exact) mass is 402 g/mol. The number of carbonyl (C=O) groups is 2. The van der Waals surface area contributed by atoms with Gasteiger partial charge < -0.3 is 16.0 Å². The lowest BCUT2D eigenvalue weighted by Gasteiger charge is -2.36. The highest BCUT2D eigenvalue weighted by Crippen LogP contribution is 2.20. The Morgan fingerprint density at radius 2 is 1.65 bits per heavy atom. The summed E-state index contributed by atoms with van der Waals surface area (Å²) in [6, 6.07) is 4.48. The Morgan fingerprint density at radius 1 is 1.12 bits per heavy atom. The summed E-state index contributed by atoms with van der Waals surface area (Å²) in [5.41, 5.74) is 5.13. The van der Waals surface area contributed by atoms with Crippen LogP contribution in [0.2, 0.25) is 5.02 Å². The van der Waals surface area contributed by atoms with Gasteiger partial charge in [-0.3, -0.25) is 4.79 Å². The zero-order valence-corrected chi connectivity index (χ0v) is 16.3. The van der Waals surface area contributed by atoms with Gasteiger partial charge in [-0.1, -0.05) is 25.4 Å². The van der Waals surface area contributed by atoms with Crippen molar-refractivity contribution in [3.05, 3.63) is 29.3 Å². The SMILES string of the molecule is CC(C)[C@@H](NC(N)=O)C(=O)N1CCN(S(=O)(=O)c2ccc(Cl)cc2)CC1. The van der Waals surface area contributed by atoms with Gasteiger partial charge >= 0.3 is 6.03 Å². The molecule has 0 spiro atoms. The van der Waals surface area contributed by atoms with Crippen LogP contribution in [-0.4, -0.2) is 61.8 Å². The number of sulfonamides is 1. The highest BCUT2D eigenvalue weighted by molar-refractivity contribution is 7.89. The lowest BCUT2D eigenvalue weighted by Crippen LogP contribution is -2.57. The zero-order chi connectivity index (χ0) is 19.5. The van der Waals surface area contributed by atoms with Crippen LogP contribution in [-0.2, 0) is 14.8 Å². The first-order valence-corrected chi connectivity index (χ1v) is 10.0. The van der Waals surface area contributed by atoms with E-state index in [1.165, 1.54) is 28.6 Å². The molecule has 0 saturated carbocycles. The molecule has 0 aromatic heterocycles. The predicted molar refractivity (Wildman–Crippen MR) is 98.1 cm³/mol. The Labute approximate surface area is 158 Å². The second kappa shape index (κ2) is 8.24. The second-order valence-corrected chi connectivity index (χ2v) is 8.79. The molecule has 1 saturated heterocycles. The highest BCUT2D eigenvalue weighted by Gasteiger charge is 2.33. The number of urea groups is 1. The van der Waals surface area contributed by atoms with Gasteiger partial charge in [0.15, 0.2) is 0 Å². The standard InChI is InChI=1S/C16H23ClN4O4S/c1-11(2)14(19-16(18)23)15(22)20-7-9-21(10-8-20)26(24,25)13-5-3-12(17)4-6-13/h3-6,11,14H,7-10H2,1-2H3,(H3,18,19,23)/t14-/m1/s1. The fourth-order valence-electron chi connectivity index (χ4n) is 2.77. The Hall–Kier alpha value is -1.84. The summed E-state index contributed by atoms with van der Waals surface area (Å²) in [6.45, 7) is 4.46. The van der Waals surface area contributed by atoms with Crippen molar-refractivity contribution >= 4 is 33.6 Å². The summed E-state index contributed by atoms with van der Waals surface area (Å²) in [7, 11) is -3.64. The fourth-order valence-corrected chi connectivity index (χ4v) is 4.32. The minimum absolute atomic E-state index is 0.133. The molecule has 1 aromatic rings. The van der Waals surface area contributed by atoms with Crippen molar-refractivity contribution in [2.45, 2.75) is 24.8 Å². The van der Waals surface area contributed by atoms with Gasteiger partial charge in [-0.15, -0.1) is 0 Å². The van der Waals surface area contributed by atoms with Crippen LogP contribution in [0.4, 0.5) is 4.79 Å². The van der Waals surface area contributed by atoms with E-state index in [4.69, 9.17) is 17.3 Å². The third kappa shape index (κ3) is 4.66. The van der Waals surface area contributed by atoms with Crippen LogP contribution in [0.15, 0.2) is 29.2 Å². The molecule has 0 radical (unpaired) electrons. The quantitative estimate of drug-likeness (QED) is 0.760. The summed E-state index contributed by atoms with van der Waals surface area (Å²) >= 11 is 5.80. The van der Waals surface area contributed by atoms with E-state index in [1.807, 2.05) is 0 Å². The topological polar surface area (TPSA) is 113 Å². The molecule has 1 aliphatic rings. The number of halogens is 1. The molecule has 2 rings (SSSR count). The third-order valence-electron chi connectivity index (χ3n) is 4.23. The lowest BCUT2D eigenvalue weighted by atomic mass is 10.0. The number of carbonyl (C=O) groups excluding carboxylic acids is 2. The molecule has 1 fully saturated rings. The molecular formula is C16H23ClN4O4S. The number of nitrogens with two attached hydrogens (primary N) is 1. The van der Waals surface area contributed by atoms with Crippen molar-refractivity contribution in [2.24, 2.45) is 11.7 Å². The fraction of sp³-hybridized carbons (Fsp3) is 0.500. The third-order valence-corrected chi connectivity index (χ3v) is 6.40. The molecule has 144 valence electrons. The van der Waals surface area contributed by atoms with Gasteiger partial charge in [0, 0.05) is 31.2 Å². The summed E-state index contributed by atoms with van der Waals surface area (Å²) in [5.74, 6) is -0.395. The average Bonchev–Trinajstić information content (AvgIpc) is 2.59. The number of benzene rings is 1. The van der Waals surface area contributed by atoms with Crippen LogP contribution < -0.4 is 11.1 Å². The van der Waals surface area contributed by atoms with E-state index in [0.29, 0.717) is 5.02 Å². The number of rotatable bonds is 5. The number of hydrogen-bond donors (Lipinski definition) is 2. The molecule has 1 aliphatic heterocycles. The van der Waals surface area contributed by atoms with Gasteiger partial charge in [-0.2, -0.15) is 4.31 Å². The first-order valence-electron chi connectivity index (χ1n) is 8.23. The lowest BCUT2D eigenvalue weighted by molar-refractivity contribution is -0.135. The number of hydrogen-bond acceptors (Lipinski definition) is 4. The first kappa shape index (κ1) is 20.5. The van der Waals surface area contributed by atoms with E-state index >= 15 is 0 Å². The maximum absolute atomic E-state index is 12.7. The van der Waals surface area contributed by atoms with E-state index in [-0.39, 0.29) is 42.9 Å². The zero-order valence-electron chi connectivity index (χ0n) is 14.7. The van der Waals surface area contributed by atoms with Crippen LogP contribution in [0, 0.1) is 5.92 Å². The minimum atomic E-state index is -3.64. The van der Waals surface area contributed by atoms with Gasteiger partial charge in [0.05, 0.1) is 4.90 Å². The average molecular weight is 403 g/mol. The largest absolute Gasteiger partial charge is 0.352 e. The molecule has 10 heteroatoms. The Kier molecular flexibility index (Phi) is 6.48. The van der Waals surface area contributed by atoms with Gasteiger partial charge in [-0.25, -0.2) is 13.2 Å². The van der Waals surface area contributed by atoms with E-state index in [0.717, 1.165) is 0 Å². The molecule has 1 atom stereocenters. The Morgan fingerprint density at radius 3 is 2.12 bits per heavy atom. The summed E-state index contributed by atoms with van der Waals surface area (Å²) in [5, 5.41) is 2.91. The number of nitrogens with one attached hydrogen (secondary N) is 1. The molecule has 26 heavy (non-hydrogen) atoms. The van der Waals surface area contributed by atoms with E-state index in [2.05, 4.69) is 5.32 Å². The first-order chi connectivity index (χ1) is 12.1. The van der Waals surface area contributed by atoms with Crippen molar-refractivity contribution in [3.8, 4) is 0 Å². The van der Waals surface area contributed by atoms with Gasteiger partial charge in [0.25, 0.3) is 0 Å². The molecular weight excluding hydrogens is 380 g/mol. The van der Waals surface area contributed by atoms with Crippen molar-refractivity contribution in [1.29, 1.82) is 0 Å². The Balaban J connectivity index is 2.05. The molecule has 0 aliphatic carbocycles. The molecule has 3 N–H and O–H groups in total. The normalized spacial score (nSPS) is 17.2. The number of primary amides is 1. The maximum Gasteiger partial charge on any atom is 0.312 e. The smallest absolute Gasteiger partial charge is 0.312 e. The van der Waals surface area contributed by atoms with Crippen LogP contribution >= 0.6 is 11.6 Å². The molecule has 0 bridgehead atoms. The summed E-state index contributed by atoms with van der Waals surface area (Å²) < 4.78 is 26.7. The van der Waals surface area contributed by atoms with E-state index in [9.17, 15) is 18.0 Å². The van der Waals surface area contributed by atoms with Crippen LogP contribution in [0.25, 0.3) is 0 Å². The molecule has 0 unspecified atom stereocenters. The molecule has 8 nitrogen and oxygen atoms in total. The van der Waals surface area contributed by atoms with Crippen LogP contribution in [0.3, 0.4) is 0 Å². The van der Waals surface area contributed by atoms with Gasteiger partial charge in [0.2, 0.25) is 15.9 Å². The molecule has 1 aromatic carbocycles. The summed E-state index contributed by atoms with van der Waals surface area (Å²) in [6.07, 6.45) is 0. The maximum atomic E-state index is 12.7. The number of piperazine rings is 1. The number of amides is 3. The van der Waals surface area contributed by atoms with Crippen molar-refractivity contribution in [3.63, 3.8) is 0 Å². The number of nitrogens with zero attached hydrogens (tertiary/aromatic N) is 2. The van der Waals surface area contributed by atoms with E-state index < -0.39 is 22.1 Å². The van der Waals surface area contributed by atoms with Crippen molar-refractivity contribution in [2.75, 3.05) is 26.2 Å². The molecule has 1 heterocycles. The van der Waals surface area contributed by atoms with Gasteiger partial charge in [-0.05, 0) is 30.2 Å². The van der Waals surface area contributed by atoms with E-state index in [1.54, 1.807) is 18.7 Å². The highest BCUT2D eigenvalue weighted by atomic mass is 35.5. The second-order valence-electron chi connectivity index (χ2n) is 6.41. The van der Waals surface area contributed by atoms with Crippen LogP contribution in [0.1, 0.15) is 13.8 Å². The van der Waals surface area contributed by atoms with Crippen molar-refractivity contribution in [1.82, 2.24) is 14.5 Å². The minimum Gasteiger partial charge on any atom is -0.352 e.